The van der Waals surface area contributed by atoms with Gasteiger partial charge in [-0.2, -0.15) is 0 Å². The van der Waals surface area contributed by atoms with Crippen LogP contribution in [0.4, 0.5) is 16.2 Å². The summed E-state index contributed by atoms with van der Waals surface area (Å²) in [5.74, 6) is -0.720. The van der Waals surface area contributed by atoms with Crippen molar-refractivity contribution in [3.8, 4) is 0 Å². The molecule has 9 nitrogen and oxygen atoms in total. The Bertz CT molecular complexity index is 640. The van der Waals surface area contributed by atoms with Crippen molar-refractivity contribution in [1.29, 1.82) is 0 Å². The number of nitrogens with one attached hydrogen (secondary N) is 2. The molecule has 2 amide bonds. The highest BCUT2D eigenvalue weighted by molar-refractivity contribution is 5.94. The van der Waals surface area contributed by atoms with Crippen LogP contribution < -0.4 is 16.4 Å². The minimum Gasteiger partial charge on any atom is -0.444 e. The Hall–Kier alpha value is -2.84. The monoisotopic (exact) mass is 352 g/mol. The van der Waals surface area contributed by atoms with Crippen LogP contribution in [0, 0.1) is 10.1 Å². The lowest BCUT2D eigenvalue weighted by atomic mass is 10.1. The van der Waals surface area contributed by atoms with E-state index in [-0.39, 0.29) is 11.3 Å². The molecule has 0 saturated carbocycles. The lowest BCUT2D eigenvalue weighted by Gasteiger charge is -2.19. The molecule has 138 valence electrons. The lowest BCUT2D eigenvalue weighted by molar-refractivity contribution is -0.384. The molecule has 9 heteroatoms. The predicted octanol–water partition coefficient (Wildman–Crippen LogP) is 2.41. The number of hydrogen-bond acceptors (Lipinski definition) is 6. The van der Waals surface area contributed by atoms with Gasteiger partial charge in [-0.3, -0.25) is 14.9 Å². The number of carbonyl (C=O) groups is 2. The van der Waals surface area contributed by atoms with Crippen molar-refractivity contribution in [3.63, 3.8) is 0 Å². The molecule has 0 unspecified atom stereocenters. The fourth-order valence-corrected chi connectivity index (χ4v) is 1.96. The summed E-state index contributed by atoms with van der Waals surface area (Å²) >= 11 is 0. The quantitative estimate of drug-likeness (QED) is 0.373. The van der Waals surface area contributed by atoms with Crippen molar-refractivity contribution in [1.82, 2.24) is 5.32 Å². The van der Waals surface area contributed by atoms with Crippen LogP contribution in [-0.2, 0) is 4.74 Å². The first-order valence-corrected chi connectivity index (χ1v) is 7.89. The Labute approximate surface area is 146 Å². The number of ether oxygens (including phenoxy) is 1. The van der Waals surface area contributed by atoms with Crippen LogP contribution in [0.25, 0.3) is 0 Å². The van der Waals surface area contributed by atoms with Gasteiger partial charge < -0.3 is 21.1 Å². The molecular formula is C16H24N4O5. The van der Waals surface area contributed by atoms with E-state index in [4.69, 9.17) is 10.5 Å². The summed E-state index contributed by atoms with van der Waals surface area (Å²) in [6.45, 7) is 6.28. The molecule has 1 rings (SSSR count). The Balaban J connectivity index is 2.40. The van der Waals surface area contributed by atoms with Crippen molar-refractivity contribution in [2.45, 2.75) is 39.2 Å². The number of rotatable bonds is 8. The highest BCUT2D eigenvalue weighted by Gasteiger charge is 2.17. The van der Waals surface area contributed by atoms with Crippen LogP contribution in [0.3, 0.4) is 0 Å². The number of nitrogens with two attached hydrogens (primary N) is 1. The van der Waals surface area contributed by atoms with E-state index in [2.05, 4.69) is 10.6 Å². The largest absolute Gasteiger partial charge is 0.444 e. The SMILES string of the molecule is CC(C)(C)OC(=O)NCCCCNc1ccc(C(N)=O)cc1[N+](=O)[O-]. The van der Waals surface area contributed by atoms with Gasteiger partial charge in [0.1, 0.15) is 11.3 Å². The topological polar surface area (TPSA) is 137 Å². The molecule has 0 aliphatic carbocycles. The van der Waals surface area contributed by atoms with Crippen LogP contribution >= 0.6 is 0 Å². The third-order valence-corrected chi connectivity index (χ3v) is 3.07. The molecule has 0 aliphatic heterocycles. The van der Waals surface area contributed by atoms with E-state index in [1.165, 1.54) is 12.1 Å². The second kappa shape index (κ2) is 8.86. The maximum absolute atomic E-state index is 11.5. The van der Waals surface area contributed by atoms with Crippen molar-refractivity contribution in [2.24, 2.45) is 5.73 Å². The summed E-state index contributed by atoms with van der Waals surface area (Å²) in [6.07, 6.45) is 0.891. The minimum absolute atomic E-state index is 0.0822. The maximum Gasteiger partial charge on any atom is 0.407 e. The van der Waals surface area contributed by atoms with Crippen LogP contribution in [0.5, 0.6) is 0 Å². The highest BCUT2D eigenvalue weighted by Crippen LogP contribution is 2.25. The highest BCUT2D eigenvalue weighted by atomic mass is 16.6. The van der Waals surface area contributed by atoms with Crippen molar-refractivity contribution in [2.75, 3.05) is 18.4 Å². The maximum atomic E-state index is 11.5. The van der Waals surface area contributed by atoms with Gasteiger partial charge in [0.2, 0.25) is 5.91 Å². The van der Waals surface area contributed by atoms with Gasteiger partial charge in [-0.25, -0.2) is 4.79 Å². The second-order valence-corrected chi connectivity index (χ2v) is 6.42. The number of unbranched alkanes of at least 4 members (excludes halogenated alkanes) is 1. The molecule has 0 atom stereocenters. The number of nitro groups is 1. The second-order valence-electron chi connectivity index (χ2n) is 6.42. The number of nitrogens with zero attached hydrogens (tertiary/aromatic N) is 1. The molecule has 0 aliphatic rings. The fraction of sp³-hybridized carbons (Fsp3) is 0.500. The van der Waals surface area contributed by atoms with E-state index in [0.29, 0.717) is 31.6 Å². The number of alkyl carbamates (subject to hydrolysis) is 1. The lowest BCUT2D eigenvalue weighted by Crippen LogP contribution is -2.33. The molecule has 4 N–H and O–H groups in total. The average Bonchev–Trinajstić information content (AvgIpc) is 2.48. The molecule has 0 aromatic heterocycles. The van der Waals surface area contributed by atoms with Crippen molar-refractivity contribution in [3.05, 3.63) is 33.9 Å². The number of carbonyl (C=O) groups excluding carboxylic acids is 2. The van der Waals surface area contributed by atoms with Crippen LogP contribution in [0.1, 0.15) is 44.0 Å². The van der Waals surface area contributed by atoms with Crippen molar-refractivity contribution < 1.29 is 19.2 Å². The zero-order chi connectivity index (χ0) is 19.0. The third kappa shape index (κ3) is 7.51. The molecule has 0 heterocycles. The number of primary amides is 1. The minimum atomic E-state index is -0.720. The smallest absolute Gasteiger partial charge is 0.407 e. The van der Waals surface area contributed by atoms with E-state index in [1.54, 1.807) is 20.8 Å². The molecule has 0 radical (unpaired) electrons. The summed E-state index contributed by atoms with van der Waals surface area (Å²) in [4.78, 5) is 33.1. The third-order valence-electron chi connectivity index (χ3n) is 3.07. The van der Waals surface area contributed by atoms with E-state index in [0.717, 1.165) is 6.07 Å². The van der Waals surface area contributed by atoms with Crippen LogP contribution in [0.2, 0.25) is 0 Å². The number of hydrogen-bond donors (Lipinski definition) is 3. The summed E-state index contributed by atoms with van der Waals surface area (Å²) in [5, 5.41) is 16.7. The standard InChI is InChI=1S/C16H24N4O5/c1-16(2,3)25-15(22)19-9-5-4-8-18-12-7-6-11(14(17)21)10-13(12)20(23)24/h6-7,10,18H,4-5,8-9H2,1-3H3,(H2,17,21)(H,19,22). The molecule has 0 bridgehead atoms. The van der Waals surface area contributed by atoms with Gasteiger partial charge in [-0.15, -0.1) is 0 Å². The Morgan fingerprint density at radius 2 is 1.88 bits per heavy atom. The summed E-state index contributed by atoms with van der Waals surface area (Å²) in [6, 6.07) is 4.04. The van der Waals surface area contributed by atoms with Gasteiger partial charge in [0.15, 0.2) is 0 Å². The average molecular weight is 352 g/mol. The molecule has 0 spiro atoms. The molecule has 1 aromatic carbocycles. The first kappa shape index (κ1) is 20.2. The van der Waals surface area contributed by atoms with Gasteiger partial charge in [-0.1, -0.05) is 0 Å². The first-order chi connectivity index (χ1) is 11.6. The Morgan fingerprint density at radius 1 is 1.24 bits per heavy atom. The van der Waals surface area contributed by atoms with Gasteiger partial charge >= 0.3 is 6.09 Å². The predicted molar refractivity (Wildman–Crippen MR) is 93.6 cm³/mol. The molecule has 1 aromatic rings. The van der Waals surface area contributed by atoms with Gasteiger partial charge in [0.25, 0.3) is 5.69 Å². The summed E-state index contributed by atoms with van der Waals surface area (Å²) < 4.78 is 5.11. The number of benzene rings is 1. The van der Waals surface area contributed by atoms with Gasteiger partial charge in [0, 0.05) is 24.7 Å². The van der Waals surface area contributed by atoms with Crippen LogP contribution in [-0.4, -0.2) is 35.6 Å². The first-order valence-electron chi connectivity index (χ1n) is 7.89. The van der Waals surface area contributed by atoms with E-state index < -0.39 is 22.5 Å². The van der Waals surface area contributed by atoms with Gasteiger partial charge in [-0.05, 0) is 45.7 Å². The molecule has 25 heavy (non-hydrogen) atoms. The van der Waals surface area contributed by atoms with E-state index >= 15 is 0 Å². The van der Waals surface area contributed by atoms with E-state index in [1.807, 2.05) is 0 Å². The summed E-state index contributed by atoms with van der Waals surface area (Å²) in [7, 11) is 0. The zero-order valence-electron chi connectivity index (χ0n) is 14.6. The Kier molecular flexibility index (Phi) is 7.16. The number of amides is 2. The molecular weight excluding hydrogens is 328 g/mol. The molecule has 0 fully saturated rings. The number of nitro benzene ring substituents is 1. The van der Waals surface area contributed by atoms with Crippen LogP contribution in [0.15, 0.2) is 18.2 Å². The zero-order valence-corrected chi connectivity index (χ0v) is 14.6. The van der Waals surface area contributed by atoms with Crippen molar-refractivity contribution >= 4 is 23.4 Å². The normalized spacial score (nSPS) is 10.8. The fourth-order valence-electron chi connectivity index (χ4n) is 1.96. The van der Waals surface area contributed by atoms with Gasteiger partial charge in [0.05, 0.1) is 4.92 Å². The number of anilines is 1. The van der Waals surface area contributed by atoms with E-state index in [9.17, 15) is 19.7 Å². The summed E-state index contributed by atoms with van der Waals surface area (Å²) in [5.41, 5.74) is 4.78. The Morgan fingerprint density at radius 3 is 2.44 bits per heavy atom. The molecule has 0 saturated heterocycles.